The zero-order chi connectivity index (χ0) is 13.3. The normalized spacial score (nSPS) is 29.1. The van der Waals surface area contributed by atoms with Gasteiger partial charge in [-0.3, -0.25) is 4.79 Å². The van der Waals surface area contributed by atoms with E-state index in [1.54, 1.807) is 0 Å². The Morgan fingerprint density at radius 2 is 1.21 bits per heavy atom. The van der Waals surface area contributed by atoms with Gasteiger partial charge in [0.2, 0.25) is 0 Å². The van der Waals surface area contributed by atoms with Crippen LogP contribution in [0.1, 0.15) is 89.9 Å². The molecule has 19 heavy (non-hydrogen) atoms. The molecule has 2 fully saturated rings. The number of rotatable bonds is 1. The van der Waals surface area contributed by atoms with Crippen LogP contribution in [0.2, 0.25) is 0 Å². The maximum Gasteiger partial charge on any atom is 0.306 e. The summed E-state index contributed by atoms with van der Waals surface area (Å²) in [5.74, 6) is 0.701. The summed E-state index contributed by atoms with van der Waals surface area (Å²) in [6.07, 6.45) is 17.5. The van der Waals surface area contributed by atoms with E-state index in [9.17, 15) is 4.79 Å². The summed E-state index contributed by atoms with van der Waals surface area (Å²) in [4.78, 5) is 11.8. The first-order chi connectivity index (χ1) is 9.36. The Labute approximate surface area is 118 Å². The van der Waals surface area contributed by atoms with E-state index in [-0.39, 0.29) is 12.1 Å². The molecule has 1 aliphatic carbocycles. The number of hydrogen-bond acceptors (Lipinski definition) is 2. The van der Waals surface area contributed by atoms with Crippen molar-refractivity contribution in [3.05, 3.63) is 0 Å². The van der Waals surface area contributed by atoms with E-state index in [0.29, 0.717) is 12.3 Å². The molecule has 1 atom stereocenters. The van der Waals surface area contributed by atoms with E-state index in [2.05, 4.69) is 0 Å². The van der Waals surface area contributed by atoms with Crippen LogP contribution in [0.4, 0.5) is 0 Å². The average Bonchev–Trinajstić information content (AvgIpc) is 2.60. The predicted octanol–water partition coefficient (Wildman–Crippen LogP) is 5.00. The van der Waals surface area contributed by atoms with Crippen molar-refractivity contribution < 1.29 is 9.53 Å². The molecule has 0 spiro atoms. The summed E-state index contributed by atoms with van der Waals surface area (Å²) < 4.78 is 5.81. The van der Waals surface area contributed by atoms with Crippen LogP contribution in [0.15, 0.2) is 0 Å². The molecule has 1 saturated carbocycles. The predicted molar refractivity (Wildman–Crippen MR) is 78.0 cm³/mol. The summed E-state index contributed by atoms with van der Waals surface area (Å²) in [7, 11) is 0. The van der Waals surface area contributed by atoms with Gasteiger partial charge in [-0.25, -0.2) is 0 Å². The van der Waals surface area contributed by atoms with E-state index in [0.717, 1.165) is 12.8 Å². The lowest BCUT2D eigenvalue weighted by molar-refractivity contribution is -0.152. The molecule has 1 unspecified atom stereocenters. The van der Waals surface area contributed by atoms with Crippen LogP contribution >= 0.6 is 0 Å². The molecule has 1 saturated heterocycles. The third-order valence-corrected chi connectivity index (χ3v) is 4.83. The van der Waals surface area contributed by atoms with Gasteiger partial charge in [-0.15, -0.1) is 0 Å². The molecule has 1 heterocycles. The minimum atomic E-state index is 0.0618. The molecule has 0 N–H and O–H groups in total. The van der Waals surface area contributed by atoms with Crippen molar-refractivity contribution in [1.29, 1.82) is 0 Å². The maximum absolute atomic E-state index is 11.8. The van der Waals surface area contributed by atoms with E-state index < -0.39 is 0 Å². The van der Waals surface area contributed by atoms with Crippen LogP contribution in [0, 0.1) is 5.92 Å². The van der Waals surface area contributed by atoms with Crippen LogP contribution in [0.3, 0.4) is 0 Å². The minimum absolute atomic E-state index is 0.0618. The van der Waals surface area contributed by atoms with E-state index in [1.807, 2.05) is 0 Å². The molecular formula is C17H30O2. The Hall–Kier alpha value is -0.530. The molecule has 0 radical (unpaired) electrons. The quantitative estimate of drug-likeness (QED) is 0.624. The topological polar surface area (TPSA) is 26.3 Å². The van der Waals surface area contributed by atoms with Gasteiger partial charge < -0.3 is 4.74 Å². The third-order valence-electron chi connectivity index (χ3n) is 4.83. The van der Waals surface area contributed by atoms with Crippen molar-refractivity contribution >= 4 is 5.97 Å². The maximum atomic E-state index is 11.8. The van der Waals surface area contributed by atoms with Gasteiger partial charge in [0.05, 0.1) is 0 Å². The van der Waals surface area contributed by atoms with E-state index >= 15 is 0 Å². The van der Waals surface area contributed by atoms with E-state index in [1.165, 1.54) is 70.6 Å². The number of hydrogen-bond donors (Lipinski definition) is 0. The summed E-state index contributed by atoms with van der Waals surface area (Å²) in [5.41, 5.74) is 0. The summed E-state index contributed by atoms with van der Waals surface area (Å²) in [5, 5.41) is 0. The highest BCUT2D eigenvalue weighted by molar-refractivity contribution is 5.69. The smallest absolute Gasteiger partial charge is 0.306 e. The molecule has 1 aliphatic heterocycles. The number of cyclic esters (lactones) is 1. The number of esters is 1. The van der Waals surface area contributed by atoms with Gasteiger partial charge in [-0.05, 0) is 38.0 Å². The number of carbonyl (C=O) groups excluding carboxylic acids is 1. The summed E-state index contributed by atoms with van der Waals surface area (Å²) in [6, 6.07) is 0. The van der Waals surface area contributed by atoms with Crippen molar-refractivity contribution in [1.82, 2.24) is 0 Å². The number of carbonyl (C=O) groups is 1. The van der Waals surface area contributed by atoms with E-state index in [4.69, 9.17) is 4.74 Å². The largest absolute Gasteiger partial charge is 0.462 e. The van der Waals surface area contributed by atoms with Gasteiger partial charge in [0.25, 0.3) is 0 Å². The Morgan fingerprint density at radius 1 is 0.684 bits per heavy atom. The first-order valence-corrected chi connectivity index (χ1v) is 8.56. The van der Waals surface area contributed by atoms with Crippen LogP contribution in [0.25, 0.3) is 0 Å². The lowest BCUT2D eigenvalue weighted by atomic mass is 9.88. The Balaban J connectivity index is 1.91. The van der Waals surface area contributed by atoms with Gasteiger partial charge >= 0.3 is 5.97 Å². The molecule has 2 heteroatoms. The fraction of sp³-hybridized carbons (Fsp3) is 0.941. The zero-order valence-electron chi connectivity index (χ0n) is 12.4. The fourth-order valence-corrected chi connectivity index (χ4v) is 3.62. The molecule has 0 aromatic carbocycles. The first-order valence-electron chi connectivity index (χ1n) is 8.56. The van der Waals surface area contributed by atoms with Gasteiger partial charge in [0, 0.05) is 6.42 Å². The molecule has 110 valence electrons. The molecular weight excluding hydrogens is 236 g/mol. The lowest BCUT2D eigenvalue weighted by Gasteiger charge is -2.26. The lowest BCUT2D eigenvalue weighted by Crippen LogP contribution is -2.27. The Bertz CT molecular complexity index is 252. The summed E-state index contributed by atoms with van der Waals surface area (Å²) >= 11 is 0. The molecule has 0 bridgehead atoms. The second-order valence-corrected chi connectivity index (χ2v) is 6.44. The highest BCUT2D eigenvalue weighted by atomic mass is 16.5. The van der Waals surface area contributed by atoms with Crippen molar-refractivity contribution in [2.45, 2.75) is 96.0 Å². The Morgan fingerprint density at radius 3 is 1.89 bits per heavy atom. The average molecular weight is 266 g/mol. The van der Waals surface area contributed by atoms with Crippen molar-refractivity contribution in [3.63, 3.8) is 0 Å². The van der Waals surface area contributed by atoms with Gasteiger partial charge in [0.1, 0.15) is 6.10 Å². The molecule has 0 amide bonds. The fourth-order valence-electron chi connectivity index (χ4n) is 3.62. The number of ether oxygens (including phenoxy) is 1. The monoisotopic (exact) mass is 266 g/mol. The second-order valence-electron chi connectivity index (χ2n) is 6.44. The van der Waals surface area contributed by atoms with Crippen LogP contribution < -0.4 is 0 Å². The van der Waals surface area contributed by atoms with Crippen molar-refractivity contribution in [2.24, 2.45) is 5.92 Å². The van der Waals surface area contributed by atoms with Crippen molar-refractivity contribution in [2.75, 3.05) is 0 Å². The summed E-state index contributed by atoms with van der Waals surface area (Å²) in [6.45, 7) is 0. The van der Waals surface area contributed by atoms with Gasteiger partial charge in [-0.1, -0.05) is 51.4 Å². The molecule has 0 aromatic rings. The van der Waals surface area contributed by atoms with Crippen LogP contribution in [-0.4, -0.2) is 12.1 Å². The third kappa shape index (κ3) is 5.54. The SMILES string of the molecule is O=C1CCCCCCC(C2CCCCCCCC2)O1. The van der Waals surface area contributed by atoms with Gasteiger partial charge in [-0.2, -0.15) is 0 Å². The first kappa shape index (κ1) is 14.9. The highest BCUT2D eigenvalue weighted by Gasteiger charge is 2.25. The van der Waals surface area contributed by atoms with Crippen LogP contribution in [0.5, 0.6) is 0 Å². The molecule has 2 nitrogen and oxygen atoms in total. The van der Waals surface area contributed by atoms with Gasteiger partial charge in [0.15, 0.2) is 0 Å². The molecule has 2 aliphatic rings. The molecule has 2 rings (SSSR count). The molecule has 0 aromatic heterocycles. The zero-order valence-corrected chi connectivity index (χ0v) is 12.4. The van der Waals surface area contributed by atoms with Crippen LogP contribution in [-0.2, 0) is 9.53 Å². The Kier molecular flexibility index (Phi) is 6.73. The second kappa shape index (κ2) is 8.60. The minimum Gasteiger partial charge on any atom is -0.462 e. The highest BCUT2D eigenvalue weighted by Crippen LogP contribution is 2.29. The standard InChI is InChI=1S/C17H30O2/c18-17-14-10-6-5-9-13-16(19-17)15-11-7-3-1-2-4-8-12-15/h15-16H,1-14H2. The van der Waals surface area contributed by atoms with Crippen molar-refractivity contribution in [3.8, 4) is 0 Å².